The van der Waals surface area contributed by atoms with Crippen LogP contribution < -0.4 is 0 Å². The van der Waals surface area contributed by atoms with Crippen molar-refractivity contribution in [1.29, 1.82) is 5.26 Å². The Morgan fingerprint density at radius 1 is 1.75 bits per heavy atom. The van der Waals surface area contributed by atoms with Crippen LogP contribution in [0.5, 0.6) is 0 Å². The molecule has 16 heavy (non-hydrogen) atoms. The number of nitriles is 1. The van der Waals surface area contributed by atoms with Crippen LogP contribution in [0.1, 0.15) is 20.3 Å². The number of β-lactam (4-membered cyclic amide) rings is 1. The molecule has 0 saturated carbocycles. The lowest BCUT2D eigenvalue weighted by atomic mass is 9.90. The summed E-state index contributed by atoms with van der Waals surface area (Å²) < 4.78 is -0.559. The van der Waals surface area contributed by atoms with Gasteiger partial charge in [0, 0.05) is 4.75 Å². The third-order valence-corrected chi connectivity index (χ3v) is 6.75. The minimum Gasteiger partial charge on any atom is -0.310 e. The Morgan fingerprint density at radius 3 is 2.88 bits per heavy atom. The summed E-state index contributed by atoms with van der Waals surface area (Å²) in [6, 6.07) is 1.95. The maximum absolute atomic E-state index is 12.1. The first-order valence-corrected chi connectivity index (χ1v) is 7.04. The van der Waals surface area contributed by atoms with E-state index in [0.717, 1.165) is 0 Å². The van der Waals surface area contributed by atoms with E-state index in [2.05, 4.69) is 35.2 Å². The van der Waals surface area contributed by atoms with Crippen LogP contribution in [0, 0.1) is 11.3 Å². The van der Waals surface area contributed by atoms with Gasteiger partial charge in [-0.2, -0.15) is 5.26 Å². The molecule has 2 aliphatic heterocycles. The highest BCUT2D eigenvalue weighted by Gasteiger charge is 2.68. The number of nitrogens with zero attached hydrogens (tertiary/aromatic N) is 2. The highest BCUT2D eigenvalue weighted by molar-refractivity contribution is 14.1. The maximum atomic E-state index is 12.1. The van der Waals surface area contributed by atoms with Gasteiger partial charge >= 0.3 is 0 Å². The molecule has 0 unspecified atom stereocenters. The Hall–Kier alpha value is -0.220. The van der Waals surface area contributed by atoms with Crippen LogP contribution in [-0.4, -0.2) is 30.4 Å². The Kier molecular flexibility index (Phi) is 2.78. The molecule has 0 aromatic carbocycles. The van der Waals surface area contributed by atoms with Gasteiger partial charge in [0.25, 0.3) is 0 Å². The normalized spacial score (nSPS) is 39.9. The predicted octanol–water partition coefficient (Wildman–Crippen LogP) is 2.32. The second kappa shape index (κ2) is 3.64. The zero-order valence-electron chi connectivity index (χ0n) is 9.24. The summed E-state index contributed by atoms with van der Waals surface area (Å²) in [6.45, 7) is 7.76. The van der Waals surface area contributed by atoms with E-state index in [0.29, 0.717) is 6.42 Å². The SMILES string of the molecule is C=CC[C@@]1(I)C(=O)N2[C@@H](C#N)C(C)(C)S[C@@H]21. The predicted molar refractivity (Wildman–Crippen MR) is 73.3 cm³/mol. The summed E-state index contributed by atoms with van der Waals surface area (Å²) in [6.07, 6.45) is 2.46. The number of carbonyl (C=O) groups is 1. The molecule has 2 heterocycles. The van der Waals surface area contributed by atoms with Crippen LogP contribution in [0.15, 0.2) is 12.7 Å². The summed E-state index contributed by atoms with van der Waals surface area (Å²) in [7, 11) is 0. The van der Waals surface area contributed by atoms with Crippen molar-refractivity contribution in [2.45, 2.75) is 39.9 Å². The maximum Gasteiger partial charge on any atom is 0.244 e. The monoisotopic (exact) mass is 348 g/mol. The van der Waals surface area contributed by atoms with Crippen molar-refractivity contribution in [3.8, 4) is 6.07 Å². The Bertz CT molecular complexity index is 403. The Morgan fingerprint density at radius 2 is 2.38 bits per heavy atom. The Labute approximate surface area is 113 Å². The number of halogens is 1. The fraction of sp³-hybridized carbons (Fsp3) is 0.636. The fourth-order valence-electron chi connectivity index (χ4n) is 2.29. The van der Waals surface area contributed by atoms with E-state index in [-0.39, 0.29) is 25.5 Å². The zero-order valence-corrected chi connectivity index (χ0v) is 12.2. The first-order chi connectivity index (χ1) is 7.38. The first-order valence-electron chi connectivity index (χ1n) is 5.08. The van der Waals surface area contributed by atoms with E-state index in [1.54, 1.807) is 22.7 Å². The fourth-order valence-corrected chi connectivity index (χ4v) is 5.14. The lowest BCUT2D eigenvalue weighted by Crippen LogP contribution is -2.69. The van der Waals surface area contributed by atoms with E-state index in [4.69, 9.17) is 5.26 Å². The molecule has 0 radical (unpaired) electrons. The van der Waals surface area contributed by atoms with Gasteiger partial charge in [-0.1, -0.05) is 28.7 Å². The van der Waals surface area contributed by atoms with Crippen molar-refractivity contribution in [2.24, 2.45) is 0 Å². The summed E-state index contributed by atoms with van der Waals surface area (Å²) in [5.41, 5.74) is 0. The third kappa shape index (κ3) is 1.35. The molecule has 0 aliphatic carbocycles. The molecule has 3 atom stereocenters. The van der Waals surface area contributed by atoms with Crippen molar-refractivity contribution in [2.75, 3.05) is 0 Å². The molecule has 2 rings (SSSR count). The molecule has 0 spiro atoms. The van der Waals surface area contributed by atoms with E-state index in [1.807, 2.05) is 13.8 Å². The first kappa shape index (κ1) is 12.2. The number of alkyl halides is 1. The third-order valence-electron chi connectivity index (χ3n) is 3.15. The molecule has 0 bridgehead atoms. The van der Waals surface area contributed by atoms with Gasteiger partial charge in [0.15, 0.2) is 0 Å². The van der Waals surface area contributed by atoms with Crippen LogP contribution in [0.4, 0.5) is 0 Å². The number of amides is 1. The molecule has 5 heteroatoms. The molecule has 3 nitrogen and oxygen atoms in total. The summed E-state index contributed by atoms with van der Waals surface area (Å²) in [5.74, 6) is 0.0858. The number of hydrogen-bond acceptors (Lipinski definition) is 3. The molecule has 2 fully saturated rings. The van der Waals surface area contributed by atoms with Gasteiger partial charge in [0.1, 0.15) is 14.8 Å². The molecule has 0 aromatic heterocycles. The Balaban J connectivity index is 2.32. The van der Waals surface area contributed by atoms with Crippen LogP contribution in [0.2, 0.25) is 0 Å². The van der Waals surface area contributed by atoms with Crippen LogP contribution in [0.25, 0.3) is 0 Å². The lowest BCUT2D eigenvalue weighted by molar-refractivity contribution is -0.146. The quantitative estimate of drug-likeness (QED) is 0.333. The number of hydrogen-bond donors (Lipinski definition) is 0. The number of fused-ring (bicyclic) bond motifs is 1. The van der Waals surface area contributed by atoms with Crippen molar-refractivity contribution in [1.82, 2.24) is 4.90 Å². The lowest BCUT2D eigenvalue weighted by Gasteiger charge is -2.49. The molecule has 2 saturated heterocycles. The molecular formula is C11H13IN2OS. The van der Waals surface area contributed by atoms with Gasteiger partial charge in [-0.3, -0.25) is 4.79 Å². The number of carbonyl (C=O) groups excluding carboxylic acids is 1. The van der Waals surface area contributed by atoms with Gasteiger partial charge < -0.3 is 4.90 Å². The minimum atomic E-state index is -0.382. The van der Waals surface area contributed by atoms with E-state index < -0.39 is 0 Å². The van der Waals surface area contributed by atoms with Crippen molar-refractivity contribution in [3.63, 3.8) is 0 Å². The second-order valence-corrected chi connectivity index (χ2v) is 8.33. The number of allylic oxidation sites excluding steroid dienone is 1. The molecule has 2 aliphatic rings. The number of rotatable bonds is 2. The second-order valence-electron chi connectivity index (χ2n) is 4.67. The molecule has 0 aromatic rings. The summed E-state index contributed by atoms with van der Waals surface area (Å²) >= 11 is 3.95. The largest absolute Gasteiger partial charge is 0.310 e. The topological polar surface area (TPSA) is 44.1 Å². The van der Waals surface area contributed by atoms with Crippen LogP contribution in [0.3, 0.4) is 0 Å². The van der Waals surface area contributed by atoms with Gasteiger partial charge in [0.05, 0.1) is 6.07 Å². The zero-order chi connectivity index (χ0) is 12.1. The average molecular weight is 348 g/mol. The van der Waals surface area contributed by atoms with Gasteiger partial charge in [-0.25, -0.2) is 0 Å². The van der Waals surface area contributed by atoms with Crippen molar-refractivity contribution < 1.29 is 4.79 Å². The van der Waals surface area contributed by atoms with Gasteiger partial charge in [-0.15, -0.1) is 18.3 Å². The van der Waals surface area contributed by atoms with E-state index in [9.17, 15) is 4.79 Å². The van der Waals surface area contributed by atoms with Gasteiger partial charge in [0.2, 0.25) is 5.91 Å². The van der Waals surface area contributed by atoms with E-state index in [1.165, 1.54) is 0 Å². The summed E-state index contributed by atoms with van der Waals surface area (Å²) in [4.78, 5) is 13.9. The van der Waals surface area contributed by atoms with Crippen molar-refractivity contribution >= 4 is 40.3 Å². The molecule has 0 N–H and O–H groups in total. The number of thioether (sulfide) groups is 1. The summed E-state index contributed by atoms with van der Waals surface area (Å²) in [5, 5.41) is 9.29. The highest BCUT2D eigenvalue weighted by Crippen LogP contribution is 2.58. The molecular weight excluding hydrogens is 335 g/mol. The van der Waals surface area contributed by atoms with Crippen molar-refractivity contribution in [3.05, 3.63) is 12.7 Å². The molecule has 1 amide bonds. The van der Waals surface area contributed by atoms with E-state index >= 15 is 0 Å². The standard InChI is InChI=1S/C11H13IN2OS/c1-4-5-11(12)8(15)14-7(6-13)10(2,3)16-9(11)14/h4,7,9H,1,5H2,2-3H3/t7-,9+,11+/m0/s1. The van der Waals surface area contributed by atoms with Gasteiger partial charge in [-0.05, 0) is 20.3 Å². The average Bonchev–Trinajstić information content (AvgIpc) is 2.48. The van der Waals surface area contributed by atoms with Crippen LogP contribution >= 0.6 is 34.4 Å². The smallest absolute Gasteiger partial charge is 0.244 e. The molecule has 86 valence electrons. The van der Waals surface area contributed by atoms with Crippen LogP contribution in [-0.2, 0) is 4.79 Å². The highest BCUT2D eigenvalue weighted by atomic mass is 127. The minimum absolute atomic E-state index is 0.0858.